The summed E-state index contributed by atoms with van der Waals surface area (Å²) >= 11 is 0. The van der Waals surface area contributed by atoms with Gasteiger partial charge >= 0.3 is 5.97 Å². The number of aromatic nitrogens is 2. The number of carboxylic acid groups (broad SMARTS) is 1. The van der Waals surface area contributed by atoms with Crippen molar-refractivity contribution in [3.8, 4) is 22.6 Å². The molecule has 0 aliphatic heterocycles. The lowest BCUT2D eigenvalue weighted by atomic mass is 10.1. The molecule has 0 fully saturated rings. The molecule has 3 rings (SSSR count). The number of amides is 1. The molecule has 0 bridgehead atoms. The molecule has 0 saturated heterocycles. The van der Waals surface area contributed by atoms with E-state index in [9.17, 15) is 14.7 Å². The number of carboxylic acids is 1. The predicted molar refractivity (Wildman–Crippen MR) is 99.9 cm³/mol. The average Bonchev–Trinajstić information content (AvgIpc) is 3.18. The van der Waals surface area contributed by atoms with E-state index in [1.807, 2.05) is 12.1 Å². The molecule has 138 valence electrons. The summed E-state index contributed by atoms with van der Waals surface area (Å²) in [6.07, 6.45) is 4.03. The highest BCUT2D eigenvalue weighted by atomic mass is 16.5. The molecule has 0 radical (unpaired) electrons. The van der Waals surface area contributed by atoms with Crippen LogP contribution in [0.15, 0.2) is 54.9 Å². The summed E-state index contributed by atoms with van der Waals surface area (Å²) in [5.74, 6) is -0.324. The van der Waals surface area contributed by atoms with Gasteiger partial charge in [-0.3, -0.25) is 9.89 Å². The number of ether oxygens (including phenoxy) is 1. The van der Waals surface area contributed by atoms with E-state index in [4.69, 9.17) is 4.74 Å². The van der Waals surface area contributed by atoms with Crippen molar-refractivity contribution in [2.75, 3.05) is 6.54 Å². The summed E-state index contributed by atoms with van der Waals surface area (Å²) in [5, 5.41) is 18.8. The molecule has 7 nitrogen and oxygen atoms in total. The number of nitrogens with one attached hydrogen (secondary N) is 2. The Hall–Kier alpha value is -3.61. The van der Waals surface area contributed by atoms with Crippen molar-refractivity contribution in [2.24, 2.45) is 0 Å². The summed E-state index contributed by atoms with van der Waals surface area (Å²) in [6.45, 7) is 2.04. The Labute approximate surface area is 156 Å². The number of benzene rings is 2. The monoisotopic (exact) mass is 365 g/mol. The third-order valence-electron chi connectivity index (χ3n) is 3.98. The maximum absolute atomic E-state index is 11.6. The number of rotatable bonds is 7. The predicted octanol–water partition coefficient (Wildman–Crippen LogP) is 3.25. The number of hydrogen-bond acceptors (Lipinski definition) is 4. The molecule has 0 spiro atoms. The molecule has 7 heteroatoms. The van der Waals surface area contributed by atoms with Gasteiger partial charge in [0.05, 0.1) is 6.20 Å². The minimum absolute atomic E-state index is 0.0602. The summed E-state index contributed by atoms with van der Waals surface area (Å²) in [4.78, 5) is 22.5. The Kier molecular flexibility index (Phi) is 5.51. The van der Waals surface area contributed by atoms with Crippen LogP contribution in [-0.4, -0.2) is 33.7 Å². The van der Waals surface area contributed by atoms with Crippen LogP contribution in [0.4, 0.5) is 0 Å². The van der Waals surface area contributed by atoms with Gasteiger partial charge in [0.25, 0.3) is 0 Å². The molecule has 2 aromatic carbocycles. The van der Waals surface area contributed by atoms with Crippen LogP contribution >= 0.6 is 0 Å². The average molecular weight is 365 g/mol. The van der Waals surface area contributed by atoms with Crippen molar-refractivity contribution in [1.29, 1.82) is 0 Å². The largest absolute Gasteiger partial charge is 0.478 e. The number of carbonyl (C=O) groups excluding carboxylic acids is 1. The van der Waals surface area contributed by atoms with Crippen LogP contribution in [0.2, 0.25) is 0 Å². The highest BCUT2D eigenvalue weighted by Crippen LogP contribution is 2.30. The molecule has 1 amide bonds. The van der Waals surface area contributed by atoms with Gasteiger partial charge in [-0.1, -0.05) is 18.2 Å². The Bertz CT molecular complexity index is 934. The second-order valence-electron chi connectivity index (χ2n) is 5.98. The second-order valence-corrected chi connectivity index (χ2v) is 5.98. The maximum Gasteiger partial charge on any atom is 0.339 e. The second kappa shape index (κ2) is 8.18. The van der Waals surface area contributed by atoms with E-state index in [-0.39, 0.29) is 17.2 Å². The lowest BCUT2D eigenvalue weighted by Crippen LogP contribution is -2.22. The summed E-state index contributed by atoms with van der Waals surface area (Å²) in [5.41, 5.74) is 2.66. The van der Waals surface area contributed by atoms with Gasteiger partial charge in [-0.15, -0.1) is 0 Å². The summed E-state index contributed by atoms with van der Waals surface area (Å²) in [6, 6.07) is 12.3. The van der Waals surface area contributed by atoms with E-state index in [2.05, 4.69) is 15.5 Å². The van der Waals surface area contributed by atoms with Crippen molar-refractivity contribution in [3.05, 3.63) is 66.0 Å². The number of nitrogens with zero attached hydrogens (tertiary/aromatic N) is 1. The zero-order valence-corrected chi connectivity index (χ0v) is 14.7. The molecule has 1 heterocycles. The number of H-pyrrole nitrogens is 1. The van der Waals surface area contributed by atoms with Gasteiger partial charge in [-0.05, 0) is 41.8 Å². The van der Waals surface area contributed by atoms with Crippen LogP contribution in [0.5, 0.6) is 11.5 Å². The molecule has 0 saturated carbocycles. The van der Waals surface area contributed by atoms with Crippen molar-refractivity contribution in [3.63, 3.8) is 0 Å². The van der Waals surface area contributed by atoms with E-state index >= 15 is 0 Å². The van der Waals surface area contributed by atoms with Crippen molar-refractivity contribution >= 4 is 11.9 Å². The number of aromatic amines is 1. The fraction of sp³-hybridized carbons (Fsp3) is 0.150. The fourth-order valence-electron chi connectivity index (χ4n) is 2.61. The molecule has 3 N–H and O–H groups in total. The molecular weight excluding hydrogens is 346 g/mol. The smallest absolute Gasteiger partial charge is 0.339 e. The zero-order chi connectivity index (χ0) is 19.2. The van der Waals surface area contributed by atoms with Crippen LogP contribution in [0.3, 0.4) is 0 Å². The van der Waals surface area contributed by atoms with Crippen LogP contribution < -0.4 is 10.1 Å². The van der Waals surface area contributed by atoms with Crippen molar-refractivity contribution < 1.29 is 19.4 Å². The van der Waals surface area contributed by atoms with Gasteiger partial charge < -0.3 is 15.2 Å². The third-order valence-corrected chi connectivity index (χ3v) is 3.98. The first-order valence-corrected chi connectivity index (χ1v) is 8.40. The molecule has 3 aromatic rings. The van der Waals surface area contributed by atoms with Crippen LogP contribution in [0, 0.1) is 0 Å². The standard InChI is InChI=1S/C20H19N3O4/c1-13(24)21-9-8-14-2-5-17(6-3-14)27-19-7-4-15(10-18(19)20(25)26)16-11-22-23-12-16/h2-7,10-12H,8-9H2,1H3,(H,21,24)(H,22,23)(H,25,26). The van der Waals surface area contributed by atoms with E-state index in [0.717, 1.165) is 16.7 Å². The highest BCUT2D eigenvalue weighted by molar-refractivity contribution is 5.92. The van der Waals surface area contributed by atoms with Gasteiger partial charge in [0, 0.05) is 25.2 Å². The Morgan fingerprint density at radius 1 is 1.15 bits per heavy atom. The van der Waals surface area contributed by atoms with E-state index in [1.165, 1.54) is 6.92 Å². The summed E-state index contributed by atoms with van der Waals surface area (Å²) < 4.78 is 5.77. The van der Waals surface area contributed by atoms with Gasteiger partial charge in [0.2, 0.25) is 5.91 Å². The van der Waals surface area contributed by atoms with Crippen LogP contribution in [0.1, 0.15) is 22.8 Å². The fourth-order valence-corrected chi connectivity index (χ4v) is 2.61. The highest BCUT2D eigenvalue weighted by Gasteiger charge is 2.14. The normalized spacial score (nSPS) is 10.4. The van der Waals surface area contributed by atoms with E-state index in [1.54, 1.807) is 42.7 Å². The molecule has 0 atom stereocenters. The molecule has 0 unspecified atom stereocenters. The van der Waals surface area contributed by atoms with Crippen molar-refractivity contribution in [1.82, 2.24) is 15.5 Å². The van der Waals surface area contributed by atoms with Crippen molar-refractivity contribution in [2.45, 2.75) is 13.3 Å². The Morgan fingerprint density at radius 3 is 2.56 bits per heavy atom. The molecule has 0 aliphatic carbocycles. The maximum atomic E-state index is 11.6. The van der Waals surface area contributed by atoms with E-state index in [0.29, 0.717) is 18.7 Å². The molecule has 0 aliphatic rings. The number of hydrogen-bond donors (Lipinski definition) is 3. The Morgan fingerprint density at radius 2 is 1.93 bits per heavy atom. The quantitative estimate of drug-likeness (QED) is 0.596. The van der Waals surface area contributed by atoms with E-state index < -0.39 is 5.97 Å². The van der Waals surface area contributed by atoms with Crippen LogP contribution in [-0.2, 0) is 11.2 Å². The van der Waals surface area contributed by atoms with Gasteiger partial charge in [-0.25, -0.2) is 4.79 Å². The number of carbonyl (C=O) groups is 2. The first-order chi connectivity index (χ1) is 13.0. The number of aromatic carboxylic acids is 1. The first kappa shape index (κ1) is 18.2. The lowest BCUT2D eigenvalue weighted by Gasteiger charge is -2.11. The Balaban J connectivity index is 1.74. The minimum Gasteiger partial charge on any atom is -0.478 e. The molecular formula is C20H19N3O4. The minimum atomic E-state index is -1.07. The first-order valence-electron chi connectivity index (χ1n) is 8.40. The summed E-state index contributed by atoms with van der Waals surface area (Å²) in [7, 11) is 0. The SMILES string of the molecule is CC(=O)NCCc1ccc(Oc2ccc(-c3cn[nH]c3)cc2C(=O)O)cc1. The molecule has 1 aromatic heterocycles. The van der Waals surface area contributed by atoms with Crippen LogP contribution in [0.25, 0.3) is 11.1 Å². The zero-order valence-electron chi connectivity index (χ0n) is 14.7. The van der Waals surface area contributed by atoms with Gasteiger partial charge in [0.1, 0.15) is 17.1 Å². The molecule has 27 heavy (non-hydrogen) atoms. The topological polar surface area (TPSA) is 104 Å². The lowest BCUT2D eigenvalue weighted by molar-refractivity contribution is -0.118. The van der Waals surface area contributed by atoms with Gasteiger partial charge in [-0.2, -0.15) is 5.10 Å². The third kappa shape index (κ3) is 4.72. The van der Waals surface area contributed by atoms with Gasteiger partial charge in [0.15, 0.2) is 0 Å².